The van der Waals surface area contributed by atoms with E-state index >= 15 is 0 Å². The summed E-state index contributed by atoms with van der Waals surface area (Å²) >= 11 is 0. The molecule has 0 atom stereocenters. The molecule has 0 spiro atoms. The maximum absolute atomic E-state index is 13.8. The van der Waals surface area contributed by atoms with Crippen LogP contribution >= 0.6 is 0 Å². The molecule has 0 bridgehead atoms. The summed E-state index contributed by atoms with van der Waals surface area (Å²) in [6.45, 7) is 11.8. The second kappa shape index (κ2) is 9.58. The molecule has 1 aromatic carbocycles. The fraction of sp³-hybridized carbons (Fsp3) is 0.0714. The Kier molecular flexibility index (Phi) is 6.41. The predicted molar refractivity (Wildman–Crippen MR) is 138 cm³/mol. The van der Waals surface area contributed by atoms with Crippen molar-refractivity contribution in [3.63, 3.8) is 0 Å². The van der Waals surface area contributed by atoms with Crippen molar-refractivity contribution in [3.8, 4) is 22.6 Å². The fourth-order valence-corrected chi connectivity index (χ4v) is 3.84. The minimum absolute atomic E-state index is 0.302. The van der Waals surface area contributed by atoms with Gasteiger partial charge in [-0.1, -0.05) is 37.4 Å². The minimum atomic E-state index is -0.302. The van der Waals surface area contributed by atoms with Crippen molar-refractivity contribution < 1.29 is 4.39 Å². The highest BCUT2D eigenvalue weighted by Crippen LogP contribution is 2.29. The lowest BCUT2D eigenvalue weighted by atomic mass is 10.0. The number of aromatic amines is 2. The number of fused-ring (bicyclic) bond motifs is 1. The van der Waals surface area contributed by atoms with Crippen LogP contribution in [0, 0.1) is 5.82 Å². The predicted octanol–water partition coefficient (Wildman–Crippen LogP) is 4.87. The Labute approximate surface area is 197 Å². The highest BCUT2D eigenvalue weighted by atomic mass is 19.1. The van der Waals surface area contributed by atoms with E-state index < -0.39 is 0 Å². The molecule has 34 heavy (non-hydrogen) atoms. The molecule has 0 saturated carbocycles. The first-order valence-electron chi connectivity index (χ1n) is 10.9. The Balaban J connectivity index is 1.87. The Morgan fingerprint density at radius 3 is 2.68 bits per heavy atom. The molecule has 0 fully saturated rings. The van der Waals surface area contributed by atoms with Gasteiger partial charge >= 0.3 is 0 Å². The number of rotatable bonds is 6. The zero-order chi connectivity index (χ0) is 24.2. The maximum atomic E-state index is 13.8. The molecule has 4 aromatic rings. The molecule has 4 N–H and O–H groups in total. The standard InChI is InChI=1S/C28H26FN5/c1-5-18(15-21(30)6-2)17(4)13-22-24(7-3)33-34-28(22)26-16-23-25(32-26)11-12-31-27(23)19-9-8-10-20(29)14-19/h5-16,32-33H,2,4,30H2,1,3H3/b18-5+,21-15+,22-13+,24-7+. The van der Waals surface area contributed by atoms with Gasteiger partial charge in [-0.05, 0) is 67.5 Å². The van der Waals surface area contributed by atoms with Gasteiger partial charge in [0.1, 0.15) is 11.5 Å². The number of nitrogens with zero attached hydrogens (tertiary/aromatic N) is 2. The molecule has 3 heterocycles. The second-order valence-corrected chi connectivity index (χ2v) is 7.76. The molecule has 0 amide bonds. The number of pyridine rings is 1. The van der Waals surface area contributed by atoms with E-state index in [9.17, 15) is 4.39 Å². The van der Waals surface area contributed by atoms with Crippen LogP contribution in [0.5, 0.6) is 0 Å². The van der Waals surface area contributed by atoms with Gasteiger partial charge in [-0.3, -0.25) is 10.1 Å². The normalized spacial score (nSPS) is 13.6. The highest BCUT2D eigenvalue weighted by molar-refractivity contribution is 5.96. The van der Waals surface area contributed by atoms with E-state index in [4.69, 9.17) is 5.73 Å². The number of nitrogens with two attached hydrogens (primary N) is 1. The number of aromatic nitrogens is 4. The van der Waals surface area contributed by atoms with Gasteiger partial charge in [-0.15, -0.1) is 0 Å². The molecular formula is C28H26FN5. The quantitative estimate of drug-likeness (QED) is 0.366. The summed E-state index contributed by atoms with van der Waals surface area (Å²) < 4.78 is 13.8. The summed E-state index contributed by atoms with van der Waals surface area (Å²) in [4.78, 5) is 7.94. The summed E-state index contributed by atoms with van der Waals surface area (Å²) in [6, 6.07) is 10.3. The number of hydrogen-bond donors (Lipinski definition) is 3. The van der Waals surface area contributed by atoms with E-state index in [0.717, 1.165) is 44.0 Å². The van der Waals surface area contributed by atoms with Crippen molar-refractivity contribution in [1.82, 2.24) is 20.2 Å². The van der Waals surface area contributed by atoms with Crippen LogP contribution in [0.3, 0.4) is 0 Å². The number of nitrogens with one attached hydrogen (secondary N) is 2. The van der Waals surface area contributed by atoms with Gasteiger partial charge in [0.05, 0.1) is 16.7 Å². The smallest absolute Gasteiger partial charge is 0.123 e. The first-order chi connectivity index (χ1) is 16.4. The Bertz CT molecular complexity index is 1580. The number of hydrogen-bond acceptors (Lipinski definition) is 3. The van der Waals surface area contributed by atoms with Crippen molar-refractivity contribution in [1.29, 1.82) is 0 Å². The van der Waals surface area contributed by atoms with Crippen molar-refractivity contribution in [2.75, 3.05) is 0 Å². The molecule has 5 nitrogen and oxygen atoms in total. The van der Waals surface area contributed by atoms with E-state index in [1.165, 1.54) is 12.1 Å². The summed E-state index contributed by atoms with van der Waals surface area (Å²) in [6.07, 6.45) is 11.0. The molecule has 4 rings (SSSR count). The first kappa shape index (κ1) is 22.7. The third kappa shape index (κ3) is 4.38. The van der Waals surface area contributed by atoms with E-state index in [2.05, 4.69) is 33.3 Å². The lowest BCUT2D eigenvalue weighted by Crippen LogP contribution is -2.23. The molecule has 0 aliphatic heterocycles. The van der Waals surface area contributed by atoms with Gasteiger partial charge in [0.25, 0.3) is 0 Å². The maximum Gasteiger partial charge on any atom is 0.123 e. The van der Waals surface area contributed by atoms with E-state index in [1.807, 2.05) is 56.4 Å². The minimum Gasteiger partial charge on any atom is -0.399 e. The summed E-state index contributed by atoms with van der Waals surface area (Å²) in [7, 11) is 0. The first-order valence-corrected chi connectivity index (χ1v) is 10.9. The molecule has 6 heteroatoms. The molecular weight excluding hydrogens is 425 g/mol. The van der Waals surface area contributed by atoms with Crippen molar-refractivity contribution in [2.24, 2.45) is 5.73 Å². The highest BCUT2D eigenvalue weighted by Gasteiger charge is 2.13. The number of halogens is 1. The fourth-order valence-electron chi connectivity index (χ4n) is 3.84. The van der Waals surface area contributed by atoms with Gasteiger partial charge in [-0.25, -0.2) is 4.39 Å². The zero-order valence-corrected chi connectivity index (χ0v) is 19.2. The third-order valence-corrected chi connectivity index (χ3v) is 5.58. The molecule has 0 unspecified atom stereocenters. The summed E-state index contributed by atoms with van der Waals surface area (Å²) in [5.41, 5.74) is 12.0. The summed E-state index contributed by atoms with van der Waals surface area (Å²) in [5, 5.41) is 10.3. The molecule has 0 aliphatic rings. The lowest BCUT2D eigenvalue weighted by Gasteiger charge is -2.02. The van der Waals surface area contributed by atoms with Crippen molar-refractivity contribution >= 4 is 23.1 Å². The molecule has 3 aromatic heterocycles. The largest absolute Gasteiger partial charge is 0.399 e. The van der Waals surface area contributed by atoms with Crippen molar-refractivity contribution in [3.05, 3.63) is 107 Å². The topological polar surface area (TPSA) is 83.4 Å². The lowest BCUT2D eigenvalue weighted by molar-refractivity contribution is 0.628. The number of benzene rings is 1. The van der Waals surface area contributed by atoms with E-state index in [1.54, 1.807) is 18.3 Å². The average molecular weight is 452 g/mol. The molecule has 170 valence electrons. The Hall–Kier alpha value is -4.45. The number of H-pyrrole nitrogens is 2. The van der Waals surface area contributed by atoms with Crippen LogP contribution in [-0.2, 0) is 0 Å². The SMILES string of the molecule is C=C/C(N)=C\C(=C/C)C(=C)/C=c1/c(-c2cc3c(-c4cccc(F)c4)nccc3[nH]2)n[nH]/c1=C/C. The number of allylic oxidation sites excluding steroid dienone is 5. The van der Waals surface area contributed by atoms with Crippen LogP contribution in [0.2, 0.25) is 0 Å². The van der Waals surface area contributed by atoms with Gasteiger partial charge in [0, 0.05) is 33.6 Å². The monoisotopic (exact) mass is 451 g/mol. The van der Waals surface area contributed by atoms with Crippen LogP contribution in [0.25, 0.3) is 45.7 Å². The second-order valence-electron chi connectivity index (χ2n) is 7.76. The Morgan fingerprint density at radius 2 is 1.97 bits per heavy atom. The average Bonchev–Trinajstić information content (AvgIpc) is 3.45. The molecule has 0 saturated heterocycles. The van der Waals surface area contributed by atoms with Crippen LogP contribution in [-0.4, -0.2) is 20.2 Å². The van der Waals surface area contributed by atoms with Crippen LogP contribution in [0.4, 0.5) is 4.39 Å². The van der Waals surface area contributed by atoms with Crippen molar-refractivity contribution in [2.45, 2.75) is 13.8 Å². The van der Waals surface area contributed by atoms with Gasteiger partial charge < -0.3 is 10.7 Å². The van der Waals surface area contributed by atoms with Gasteiger partial charge in [0.15, 0.2) is 0 Å². The zero-order valence-electron chi connectivity index (χ0n) is 19.2. The van der Waals surface area contributed by atoms with Crippen LogP contribution in [0.15, 0.2) is 90.8 Å². The van der Waals surface area contributed by atoms with Crippen LogP contribution in [0.1, 0.15) is 13.8 Å². The summed E-state index contributed by atoms with van der Waals surface area (Å²) in [5.74, 6) is -0.302. The molecule has 0 radical (unpaired) electrons. The van der Waals surface area contributed by atoms with E-state index in [-0.39, 0.29) is 5.82 Å². The van der Waals surface area contributed by atoms with Gasteiger partial charge in [-0.2, -0.15) is 5.10 Å². The molecule has 0 aliphatic carbocycles. The van der Waals surface area contributed by atoms with Gasteiger partial charge in [0.2, 0.25) is 0 Å². The van der Waals surface area contributed by atoms with Crippen LogP contribution < -0.4 is 16.3 Å². The third-order valence-electron chi connectivity index (χ3n) is 5.58. The van der Waals surface area contributed by atoms with E-state index in [0.29, 0.717) is 17.0 Å². The Morgan fingerprint density at radius 1 is 1.15 bits per heavy atom.